The zero-order chi connectivity index (χ0) is 32.6. The van der Waals surface area contributed by atoms with Crippen molar-refractivity contribution in [3.63, 3.8) is 0 Å². The summed E-state index contributed by atoms with van der Waals surface area (Å²) in [6.07, 6.45) is 0. The van der Waals surface area contributed by atoms with Gasteiger partial charge in [-0.15, -0.1) is 0 Å². The minimum atomic E-state index is -0.427. The molecule has 0 radical (unpaired) electrons. The number of nitrogens with zero attached hydrogens (tertiary/aromatic N) is 2. The summed E-state index contributed by atoms with van der Waals surface area (Å²) in [5, 5.41) is 0. The number of rotatable bonds is 6. The highest BCUT2D eigenvalue weighted by atomic mass is 14.9. The van der Waals surface area contributed by atoms with Crippen molar-refractivity contribution in [1.82, 2.24) is 9.97 Å². The summed E-state index contributed by atoms with van der Waals surface area (Å²) in [5.74, 6) is 0.711. The molecule has 0 spiro atoms. The van der Waals surface area contributed by atoms with Gasteiger partial charge < -0.3 is 0 Å². The lowest BCUT2D eigenvalue weighted by atomic mass is 9.67. The van der Waals surface area contributed by atoms with Crippen LogP contribution in [0.2, 0.25) is 0 Å². The molecule has 1 aliphatic rings. The average Bonchev–Trinajstić information content (AvgIpc) is 3.50. The highest BCUT2D eigenvalue weighted by Crippen LogP contribution is 2.58. The molecule has 0 saturated carbocycles. The van der Waals surface area contributed by atoms with E-state index in [9.17, 15) is 0 Å². The van der Waals surface area contributed by atoms with E-state index in [0.717, 1.165) is 33.6 Å². The van der Waals surface area contributed by atoms with Crippen LogP contribution in [0, 0.1) is 0 Å². The highest BCUT2D eigenvalue weighted by molar-refractivity contribution is 5.95. The second kappa shape index (κ2) is 12.0. The summed E-state index contributed by atoms with van der Waals surface area (Å²) in [5.41, 5.74) is 14.6. The molecule has 2 heteroatoms. The topological polar surface area (TPSA) is 25.8 Å². The Kier molecular flexibility index (Phi) is 7.06. The van der Waals surface area contributed by atoms with E-state index in [1.807, 2.05) is 12.1 Å². The lowest BCUT2D eigenvalue weighted by Gasteiger charge is -2.34. The van der Waals surface area contributed by atoms with Crippen LogP contribution >= 0.6 is 0 Å². The van der Waals surface area contributed by atoms with Crippen molar-refractivity contribution in [3.05, 3.63) is 216 Å². The van der Waals surface area contributed by atoms with Gasteiger partial charge in [0, 0.05) is 16.7 Å². The van der Waals surface area contributed by atoms with Gasteiger partial charge in [0.15, 0.2) is 5.82 Å². The molecule has 0 amide bonds. The molecule has 0 bridgehead atoms. The summed E-state index contributed by atoms with van der Waals surface area (Å²) in [6.45, 7) is 0. The first-order valence-electron chi connectivity index (χ1n) is 16.8. The Morgan fingerprint density at radius 1 is 0.327 bits per heavy atom. The zero-order valence-corrected chi connectivity index (χ0v) is 26.9. The predicted octanol–water partition coefficient (Wildman–Crippen LogP) is 11.5. The Hall–Kier alpha value is -6.38. The maximum atomic E-state index is 5.06. The van der Waals surface area contributed by atoms with Crippen molar-refractivity contribution in [3.8, 4) is 56.2 Å². The van der Waals surface area contributed by atoms with E-state index < -0.39 is 5.41 Å². The Balaban J connectivity index is 1.20. The van der Waals surface area contributed by atoms with Crippen LogP contribution in [0.15, 0.2) is 194 Å². The van der Waals surface area contributed by atoms with Gasteiger partial charge in [0.2, 0.25) is 0 Å². The Morgan fingerprint density at radius 2 is 0.776 bits per heavy atom. The molecule has 7 aromatic carbocycles. The minimum Gasteiger partial charge on any atom is -0.228 e. The van der Waals surface area contributed by atoms with Gasteiger partial charge in [-0.3, -0.25) is 0 Å². The van der Waals surface area contributed by atoms with E-state index >= 15 is 0 Å². The van der Waals surface area contributed by atoms with Crippen molar-refractivity contribution in [2.24, 2.45) is 0 Å². The van der Waals surface area contributed by atoms with Gasteiger partial charge in [-0.1, -0.05) is 188 Å². The molecule has 1 aliphatic carbocycles. The minimum absolute atomic E-state index is 0.427. The van der Waals surface area contributed by atoms with Gasteiger partial charge in [0.25, 0.3) is 0 Å². The molecule has 230 valence electrons. The second-order valence-electron chi connectivity index (χ2n) is 12.5. The molecule has 1 heterocycles. The third-order valence-electron chi connectivity index (χ3n) is 9.80. The van der Waals surface area contributed by atoms with E-state index in [1.54, 1.807) is 0 Å². The Bertz CT molecular complexity index is 2300. The van der Waals surface area contributed by atoms with E-state index in [1.165, 1.54) is 38.9 Å². The molecule has 9 rings (SSSR count). The van der Waals surface area contributed by atoms with E-state index in [-0.39, 0.29) is 0 Å². The number of hydrogen-bond acceptors (Lipinski definition) is 2. The number of fused-ring (bicyclic) bond motifs is 3. The smallest absolute Gasteiger partial charge is 0.160 e. The summed E-state index contributed by atoms with van der Waals surface area (Å²) >= 11 is 0. The van der Waals surface area contributed by atoms with Crippen molar-refractivity contribution >= 4 is 0 Å². The van der Waals surface area contributed by atoms with E-state index in [0.29, 0.717) is 5.82 Å². The third-order valence-corrected chi connectivity index (χ3v) is 9.80. The lowest BCUT2D eigenvalue weighted by molar-refractivity contribution is 0.768. The number of benzene rings is 7. The summed E-state index contributed by atoms with van der Waals surface area (Å²) in [7, 11) is 0. The maximum Gasteiger partial charge on any atom is 0.160 e. The van der Waals surface area contributed by atoms with Gasteiger partial charge in [0.05, 0.1) is 16.8 Å². The fourth-order valence-corrected chi connectivity index (χ4v) is 7.62. The van der Waals surface area contributed by atoms with Gasteiger partial charge in [-0.25, -0.2) is 9.97 Å². The number of hydrogen-bond donors (Lipinski definition) is 0. The molecule has 49 heavy (non-hydrogen) atoms. The van der Waals surface area contributed by atoms with E-state index in [2.05, 4.69) is 182 Å². The van der Waals surface area contributed by atoms with Gasteiger partial charge in [-0.05, 0) is 50.6 Å². The van der Waals surface area contributed by atoms with Gasteiger partial charge in [0.1, 0.15) is 0 Å². The third kappa shape index (κ3) is 4.80. The van der Waals surface area contributed by atoms with Crippen LogP contribution < -0.4 is 0 Å². The molecule has 0 N–H and O–H groups in total. The fourth-order valence-electron chi connectivity index (χ4n) is 7.62. The van der Waals surface area contributed by atoms with Crippen molar-refractivity contribution in [1.29, 1.82) is 0 Å². The molecule has 0 fully saturated rings. The molecule has 0 aliphatic heterocycles. The molecule has 0 atom stereocenters. The van der Waals surface area contributed by atoms with Crippen LogP contribution in [-0.4, -0.2) is 9.97 Å². The fraction of sp³-hybridized carbons (Fsp3) is 0.0213. The summed E-state index contributed by atoms with van der Waals surface area (Å²) < 4.78 is 0. The van der Waals surface area contributed by atoms with Crippen LogP contribution in [-0.2, 0) is 5.41 Å². The SMILES string of the molecule is c1ccc(-c2cc(-c3ccccc3)nc(-c3ccc(-c4cccc5c4-c4ccccc4C5(c4ccccc4)c4ccccc4)cc3)n2)cc1. The number of aromatic nitrogens is 2. The summed E-state index contributed by atoms with van der Waals surface area (Å²) in [6, 6.07) is 69.1. The van der Waals surface area contributed by atoms with Crippen molar-refractivity contribution in [2.75, 3.05) is 0 Å². The molecule has 0 saturated heterocycles. The predicted molar refractivity (Wildman–Crippen MR) is 201 cm³/mol. The van der Waals surface area contributed by atoms with Crippen LogP contribution in [0.1, 0.15) is 22.3 Å². The van der Waals surface area contributed by atoms with Crippen molar-refractivity contribution in [2.45, 2.75) is 5.41 Å². The normalized spacial score (nSPS) is 12.7. The molecule has 2 nitrogen and oxygen atoms in total. The first kappa shape index (κ1) is 28.8. The second-order valence-corrected chi connectivity index (χ2v) is 12.5. The standard InChI is InChI=1S/C47H32N2/c1-5-16-34(17-6-1)43-32-44(35-18-7-2-8-19-35)49-46(48-43)36-30-28-33(29-31-36)39-25-15-27-42-45(39)40-24-13-14-26-41(40)47(42,37-20-9-3-10-21-37)38-22-11-4-12-23-38/h1-32H. The van der Waals surface area contributed by atoms with E-state index in [4.69, 9.17) is 9.97 Å². The summed E-state index contributed by atoms with van der Waals surface area (Å²) in [4.78, 5) is 10.1. The molecule has 1 aromatic heterocycles. The zero-order valence-electron chi connectivity index (χ0n) is 26.9. The molecule has 0 unspecified atom stereocenters. The van der Waals surface area contributed by atoms with Gasteiger partial charge >= 0.3 is 0 Å². The largest absolute Gasteiger partial charge is 0.228 e. The van der Waals surface area contributed by atoms with Crippen molar-refractivity contribution < 1.29 is 0 Å². The molecule has 8 aromatic rings. The molecular weight excluding hydrogens is 593 g/mol. The maximum absolute atomic E-state index is 5.06. The monoisotopic (exact) mass is 624 g/mol. The van der Waals surface area contributed by atoms with Crippen LogP contribution in [0.4, 0.5) is 0 Å². The van der Waals surface area contributed by atoms with Gasteiger partial charge in [-0.2, -0.15) is 0 Å². The highest BCUT2D eigenvalue weighted by Gasteiger charge is 2.46. The Morgan fingerprint density at radius 3 is 1.35 bits per heavy atom. The van der Waals surface area contributed by atoms with Crippen LogP contribution in [0.25, 0.3) is 56.2 Å². The van der Waals surface area contributed by atoms with Crippen LogP contribution in [0.3, 0.4) is 0 Å². The molecular formula is C47H32N2. The first-order valence-corrected chi connectivity index (χ1v) is 16.8. The Labute approximate surface area is 287 Å². The average molecular weight is 625 g/mol. The lowest BCUT2D eigenvalue weighted by Crippen LogP contribution is -2.28. The first-order chi connectivity index (χ1) is 24.3. The van der Waals surface area contributed by atoms with Crippen LogP contribution in [0.5, 0.6) is 0 Å². The quantitative estimate of drug-likeness (QED) is 0.184.